The summed E-state index contributed by atoms with van der Waals surface area (Å²) in [5, 5.41) is 9.50. The van der Waals surface area contributed by atoms with Gasteiger partial charge in [-0.05, 0) is 36.1 Å². The van der Waals surface area contributed by atoms with Crippen molar-refractivity contribution in [2.75, 3.05) is 0 Å². The van der Waals surface area contributed by atoms with Crippen LogP contribution in [-0.2, 0) is 6.42 Å². The molecule has 0 aromatic heterocycles. The maximum Gasteiger partial charge on any atom is 0.119 e. The summed E-state index contributed by atoms with van der Waals surface area (Å²) in [6, 6.07) is 3.64. The molecule has 3 heteroatoms. The van der Waals surface area contributed by atoms with Crippen LogP contribution in [-0.4, -0.2) is 5.11 Å². The van der Waals surface area contributed by atoms with Gasteiger partial charge in [0.05, 0.1) is 0 Å². The van der Waals surface area contributed by atoms with Crippen LogP contribution in [0.2, 0.25) is 0 Å². The molecule has 1 atom stereocenters. The molecule has 0 spiro atoms. The highest BCUT2D eigenvalue weighted by Crippen LogP contribution is 2.39. The van der Waals surface area contributed by atoms with Gasteiger partial charge in [0.25, 0.3) is 0 Å². The Morgan fingerprint density at radius 3 is 2.92 bits per heavy atom. The van der Waals surface area contributed by atoms with Crippen molar-refractivity contribution in [1.82, 2.24) is 0 Å². The first-order valence-corrected chi connectivity index (χ1v) is 4.75. The average molecular weight is 228 g/mol. The molecule has 3 N–H and O–H groups in total. The third-order valence-corrected chi connectivity index (χ3v) is 3.05. The summed E-state index contributed by atoms with van der Waals surface area (Å²) in [6.45, 7) is 0. The molecule has 0 saturated carbocycles. The molecular formula is C9H10BrNO. The van der Waals surface area contributed by atoms with Crippen molar-refractivity contribution in [1.29, 1.82) is 0 Å². The Morgan fingerprint density at radius 2 is 2.25 bits per heavy atom. The quantitative estimate of drug-likeness (QED) is 0.714. The molecule has 0 fully saturated rings. The Morgan fingerprint density at radius 1 is 1.50 bits per heavy atom. The van der Waals surface area contributed by atoms with Gasteiger partial charge >= 0.3 is 0 Å². The van der Waals surface area contributed by atoms with Gasteiger partial charge in [-0.3, -0.25) is 0 Å². The Kier molecular flexibility index (Phi) is 1.85. The van der Waals surface area contributed by atoms with Crippen LogP contribution in [0.25, 0.3) is 0 Å². The molecule has 0 heterocycles. The first kappa shape index (κ1) is 8.08. The van der Waals surface area contributed by atoms with E-state index in [0.29, 0.717) is 5.75 Å². The minimum Gasteiger partial charge on any atom is -0.508 e. The molecule has 1 aliphatic rings. The smallest absolute Gasteiger partial charge is 0.119 e. The van der Waals surface area contributed by atoms with E-state index in [1.165, 1.54) is 0 Å². The summed E-state index contributed by atoms with van der Waals surface area (Å²) in [7, 11) is 0. The summed E-state index contributed by atoms with van der Waals surface area (Å²) in [6.07, 6.45) is 1.83. The van der Waals surface area contributed by atoms with Crippen LogP contribution in [0.5, 0.6) is 5.75 Å². The number of phenolic OH excluding ortho intramolecular Hbond substituents is 1. The van der Waals surface area contributed by atoms with Crippen molar-refractivity contribution in [3.05, 3.63) is 27.7 Å². The number of hydrogen-bond acceptors (Lipinski definition) is 2. The van der Waals surface area contributed by atoms with Crippen molar-refractivity contribution >= 4 is 15.9 Å². The van der Waals surface area contributed by atoms with E-state index < -0.39 is 0 Å². The van der Waals surface area contributed by atoms with Crippen molar-refractivity contribution < 1.29 is 5.11 Å². The van der Waals surface area contributed by atoms with E-state index in [4.69, 9.17) is 5.73 Å². The molecule has 2 rings (SSSR count). The zero-order chi connectivity index (χ0) is 8.72. The van der Waals surface area contributed by atoms with Crippen LogP contribution in [0.4, 0.5) is 0 Å². The summed E-state index contributed by atoms with van der Waals surface area (Å²) < 4.78 is 1.01. The first-order chi connectivity index (χ1) is 5.70. The monoisotopic (exact) mass is 227 g/mol. The second kappa shape index (κ2) is 2.75. The van der Waals surface area contributed by atoms with Crippen molar-refractivity contribution in [3.63, 3.8) is 0 Å². The standard InChI is InChI=1S/C9H10BrNO/c10-6-2-4-8(12)5-1-3-7(11)9(5)6/h2,4,7,12H,1,3,11H2/t7-/m0/s1. The van der Waals surface area contributed by atoms with Gasteiger partial charge in [0, 0.05) is 10.5 Å². The molecule has 1 aromatic carbocycles. The van der Waals surface area contributed by atoms with Crippen LogP contribution in [0.3, 0.4) is 0 Å². The maximum atomic E-state index is 9.50. The van der Waals surface area contributed by atoms with E-state index in [2.05, 4.69) is 15.9 Å². The predicted octanol–water partition coefficient (Wildman–Crippen LogP) is 2.10. The lowest BCUT2D eigenvalue weighted by Gasteiger charge is -2.07. The molecule has 1 aromatic rings. The molecule has 12 heavy (non-hydrogen) atoms. The Labute approximate surface area is 79.5 Å². The van der Waals surface area contributed by atoms with Crippen LogP contribution < -0.4 is 5.73 Å². The lowest BCUT2D eigenvalue weighted by molar-refractivity contribution is 0.469. The van der Waals surface area contributed by atoms with E-state index in [9.17, 15) is 5.11 Å². The van der Waals surface area contributed by atoms with Crippen molar-refractivity contribution in [2.45, 2.75) is 18.9 Å². The molecule has 0 saturated heterocycles. The molecule has 0 bridgehead atoms. The Hall–Kier alpha value is -0.540. The molecule has 0 unspecified atom stereocenters. The second-order valence-corrected chi connectivity index (χ2v) is 3.96. The average Bonchev–Trinajstić information content (AvgIpc) is 2.42. The fourth-order valence-electron chi connectivity index (χ4n) is 1.73. The fourth-order valence-corrected chi connectivity index (χ4v) is 2.40. The minimum absolute atomic E-state index is 0.0847. The van der Waals surface area contributed by atoms with Crippen LogP contribution >= 0.6 is 15.9 Å². The van der Waals surface area contributed by atoms with Gasteiger partial charge < -0.3 is 10.8 Å². The van der Waals surface area contributed by atoms with Gasteiger partial charge in [-0.25, -0.2) is 0 Å². The highest BCUT2D eigenvalue weighted by atomic mass is 79.9. The lowest BCUT2D eigenvalue weighted by atomic mass is 10.1. The molecule has 64 valence electrons. The molecule has 0 radical (unpaired) electrons. The Bertz CT molecular complexity index is 325. The van der Waals surface area contributed by atoms with E-state index >= 15 is 0 Å². The third kappa shape index (κ3) is 1.04. The number of nitrogens with two attached hydrogens (primary N) is 1. The summed E-state index contributed by atoms with van der Waals surface area (Å²) in [5.74, 6) is 0.376. The minimum atomic E-state index is 0.0847. The molecule has 2 nitrogen and oxygen atoms in total. The molecule has 1 aliphatic carbocycles. The predicted molar refractivity (Wildman–Crippen MR) is 51.1 cm³/mol. The molecular weight excluding hydrogens is 218 g/mol. The Balaban J connectivity index is 2.64. The highest BCUT2D eigenvalue weighted by molar-refractivity contribution is 9.10. The fraction of sp³-hybridized carbons (Fsp3) is 0.333. The number of hydrogen-bond donors (Lipinski definition) is 2. The largest absolute Gasteiger partial charge is 0.508 e. The lowest BCUT2D eigenvalue weighted by Crippen LogP contribution is -2.05. The van der Waals surface area contributed by atoms with Crippen molar-refractivity contribution in [3.8, 4) is 5.75 Å². The maximum absolute atomic E-state index is 9.50. The topological polar surface area (TPSA) is 46.2 Å². The SMILES string of the molecule is N[C@H]1CCc2c(O)ccc(Br)c21. The number of fused-ring (bicyclic) bond motifs is 1. The van der Waals surface area contributed by atoms with E-state index in [-0.39, 0.29) is 6.04 Å². The number of aromatic hydroxyl groups is 1. The highest BCUT2D eigenvalue weighted by Gasteiger charge is 2.23. The van der Waals surface area contributed by atoms with E-state index in [1.807, 2.05) is 6.07 Å². The van der Waals surface area contributed by atoms with Crippen LogP contribution in [0.1, 0.15) is 23.6 Å². The number of benzene rings is 1. The van der Waals surface area contributed by atoms with Gasteiger partial charge in [0.15, 0.2) is 0 Å². The van der Waals surface area contributed by atoms with E-state index in [0.717, 1.165) is 28.4 Å². The van der Waals surface area contributed by atoms with Gasteiger partial charge in [0.2, 0.25) is 0 Å². The second-order valence-electron chi connectivity index (χ2n) is 3.10. The normalized spacial score (nSPS) is 21.0. The number of halogens is 1. The first-order valence-electron chi connectivity index (χ1n) is 3.96. The van der Waals surface area contributed by atoms with Crippen molar-refractivity contribution in [2.24, 2.45) is 5.73 Å². The molecule has 0 aliphatic heterocycles. The summed E-state index contributed by atoms with van der Waals surface area (Å²) >= 11 is 3.43. The molecule has 0 amide bonds. The van der Waals surface area contributed by atoms with Gasteiger partial charge in [-0.1, -0.05) is 15.9 Å². The summed E-state index contributed by atoms with van der Waals surface area (Å²) in [5.41, 5.74) is 7.96. The zero-order valence-electron chi connectivity index (χ0n) is 6.55. The number of phenols is 1. The van der Waals surface area contributed by atoms with Gasteiger partial charge in [0.1, 0.15) is 5.75 Å². The van der Waals surface area contributed by atoms with Gasteiger partial charge in [-0.2, -0.15) is 0 Å². The summed E-state index contributed by atoms with van der Waals surface area (Å²) in [4.78, 5) is 0. The van der Waals surface area contributed by atoms with E-state index in [1.54, 1.807) is 6.07 Å². The number of rotatable bonds is 0. The van der Waals surface area contributed by atoms with Crippen LogP contribution in [0.15, 0.2) is 16.6 Å². The van der Waals surface area contributed by atoms with Crippen LogP contribution in [0, 0.1) is 0 Å². The zero-order valence-corrected chi connectivity index (χ0v) is 8.13. The van der Waals surface area contributed by atoms with Gasteiger partial charge in [-0.15, -0.1) is 0 Å². The third-order valence-electron chi connectivity index (χ3n) is 2.36.